The van der Waals surface area contributed by atoms with Gasteiger partial charge in [0.15, 0.2) is 0 Å². The molecule has 1 rings (SSSR count). The van der Waals surface area contributed by atoms with Gasteiger partial charge in [0.2, 0.25) is 0 Å². The first-order valence-corrected chi connectivity index (χ1v) is 6.38. The highest BCUT2D eigenvalue weighted by molar-refractivity contribution is 5.33. The van der Waals surface area contributed by atoms with Gasteiger partial charge in [-0.15, -0.1) is 6.42 Å². The maximum atomic E-state index is 5.51. The minimum Gasteiger partial charge on any atom is -0.481 e. The molecule has 98 valence electrons. The second-order valence-electron chi connectivity index (χ2n) is 5.59. The Hall–Kier alpha value is -1.46. The summed E-state index contributed by atoms with van der Waals surface area (Å²) in [5, 5.41) is 3.44. The maximum absolute atomic E-state index is 5.51. The topological polar surface area (TPSA) is 21.3 Å². The second kappa shape index (κ2) is 7.08. The summed E-state index contributed by atoms with van der Waals surface area (Å²) in [7, 11) is 0. The van der Waals surface area contributed by atoms with Crippen molar-refractivity contribution in [1.82, 2.24) is 5.32 Å². The molecule has 0 atom stereocenters. The molecule has 1 aromatic carbocycles. The summed E-state index contributed by atoms with van der Waals surface area (Å²) < 4.78 is 5.51. The highest BCUT2D eigenvalue weighted by Gasteiger charge is 2.09. The Morgan fingerprint density at radius 3 is 2.67 bits per heavy atom. The zero-order valence-corrected chi connectivity index (χ0v) is 11.6. The third-order valence-corrected chi connectivity index (χ3v) is 2.65. The monoisotopic (exact) mass is 245 g/mol. The third-order valence-electron chi connectivity index (χ3n) is 2.65. The smallest absolute Gasteiger partial charge is 0.148 e. The van der Waals surface area contributed by atoms with Crippen LogP contribution in [0, 0.1) is 17.8 Å². The lowest BCUT2D eigenvalue weighted by atomic mass is 9.92. The molecule has 0 spiro atoms. The predicted octanol–water partition coefficient (Wildman–Crippen LogP) is 3.22. The van der Waals surface area contributed by atoms with Gasteiger partial charge in [-0.3, -0.25) is 0 Å². The zero-order valence-electron chi connectivity index (χ0n) is 11.6. The van der Waals surface area contributed by atoms with Crippen LogP contribution in [0.1, 0.15) is 32.8 Å². The molecule has 0 aliphatic rings. The quantitative estimate of drug-likeness (QED) is 0.614. The molecule has 0 bridgehead atoms. The Bertz CT molecular complexity index is 398. The summed E-state index contributed by atoms with van der Waals surface area (Å²) in [5.41, 5.74) is 1.52. The van der Waals surface area contributed by atoms with Crippen molar-refractivity contribution in [3.63, 3.8) is 0 Å². The molecular formula is C16H23NO. The van der Waals surface area contributed by atoms with E-state index in [1.165, 1.54) is 0 Å². The molecule has 18 heavy (non-hydrogen) atoms. The fourth-order valence-electron chi connectivity index (χ4n) is 1.60. The van der Waals surface area contributed by atoms with Crippen molar-refractivity contribution in [2.75, 3.05) is 13.2 Å². The van der Waals surface area contributed by atoms with Crippen LogP contribution in [0.3, 0.4) is 0 Å². The van der Waals surface area contributed by atoms with E-state index in [1.54, 1.807) is 0 Å². The number of hydrogen-bond acceptors (Lipinski definition) is 2. The number of ether oxygens (including phenoxy) is 1. The van der Waals surface area contributed by atoms with Gasteiger partial charge < -0.3 is 10.1 Å². The van der Waals surface area contributed by atoms with Gasteiger partial charge in [-0.1, -0.05) is 44.9 Å². The molecule has 2 heteroatoms. The Kier molecular flexibility index (Phi) is 5.74. The van der Waals surface area contributed by atoms with Crippen LogP contribution in [0.4, 0.5) is 0 Å². The Morgan fingerprint density at radius 2 is 2.00 bits per heavy atom. The minimum absolute atomic E-state index is 0.318. The molecule has 0 fully saturated rings. The summed E-state index contributed by atoms with van der Waals surface area (Å²) in [6.07, 6.45) is 6.36. The van der Waals surface area contributed by atoms with Crippen LogP contribution in [0.5, 0.6) is 5.75 Å². The van der Waals surface area contributed by atoms with Gasteiger partial charge in [0, 0.05) is 12.1 Å². The summed E-state index contributed by atoms with van der Waals surface area (Å²) in [6.45, 7) is 8.89. The minimum atomic E-state index is 0.318. The van der Waals surface area contributed by atoms with E-state index in [1.807, 2.05) is 18.2 Å². The number of benzene rings is 1. The first kappa shape index (κ1) is 14.6. The fraction of sp³-hybridized carbons (Fsp3) is 0.500. The SMILES string of the molecule is C#CCOc1ccccc1CNCCC(C)(C)C. The van der Waals surface area contributed by atoms with Crippen molar-refractivity contribution in [3.8, 4) is 18.1 Å². The van der Waals surface area contributed by atoms with Crippen LogP contribution in [0.25, 0.3) is 0 Å². The van der Waals surface area contributed by atoms with Gasteiger partial charge in [0.05, 0.1) is 0 Å². The number of nitrogens with one attached hydrogen (secondary N) is 1. The van der Waals surface area contributed by atoms with Crippen LogP contribution in [0.15, 0.2) is 24.3 Å². The fourth-order valence-corrected chi connectivity index (χ4v) is 1.60. The lowest BCUT2D eigenvalue weighted by molar-refractivity contribution is 0.356. The van der Waals surface area contributed by atoms with E-state index in [4.69, 9.17) is 11.2 Å². The Morgan fingerprint density at radius 1 is 1.28 bits per heavy atom. The summed E-state index contributed by atoms with van der Waals surface area (Å²) in [4.78, 5) is 0. The van der Waals surface area contributed by atoms with Gasteiger partial charge in [-0.25, -0.2) is 0 Å². The van der Waals surface area contributed by atoms with Gasteiger partial charge in [0.1, 0.15) is 12.4 Å². The summed E-state index contributed by atoms with van der Waals surface area (Å²) >= 11 is 0. The summed E-state index contributed by atoms with van der Waals surface area (Å²) in [6, 6.07) is 8.00. The number of para-hydroxylation sites is 1. The van der Waals surface area contributed by atoms with E-state index in [0.717, 1.165) is 30.8 Å². The molecule has 0 aromatic heterocycles. The second-order valence-corrected chi connectivity index (χ2v) is 5.59. The standard InChI is InChI=1S/C16H23NO/c1-5-12-18-15-9-7-6-8-14(15)13-17-11-10-16(2,3)4/h1,6-9,17H,10-13H2,2-4H3. The highest BCUT2D eigenvalue weighted by atomic mass is 16.5. The molecule has 0 aliphatic heterocycles. The average Bonchev–Trinajstić information content (AvgIpc) is 2.32. The van der Waals surface area contributed by atoms with Gasteiger partial charge in [-0.2, -0.15) is 0 Å². The molecule has 0 saturated heterocycles. The maximum Gasteiger partial charge on any atom is 0.148 e. The summed E-state index contributed by atoms with van der Waals surface area (Å²) in [5.74, 6) is 3.36. The normalized spacial score (nSPS) is 11.0. The third kappa shape index (κ3) is 5.75. The molecule has 1 N–H and O–H groups in total. The van der Waals surface area contributed by atoms with Crippen LogP contribution in [0.2, 0.25) is 0 Å². The van der Waals surface area contributed by atoms with Crippen LogP contribution < -0.4 is 10.1 Å². The van der Waals surface area contributed by atoms with E-state index in [0.29, 0.717) is 12.0 Å². The van der Waals surface area contributed by atoms with Gasteiger partial charge in [0.25, 0.3) is 0 Å². The Balaban J connectivity index is 2.44. The molecular weight excluding hydrogens is 222 g/mol. The molecule has 2 nitrogen and oxygen atoms in total. The van der Waals surface area contributed by atoms with Crippen LogP contribution in [-0.2, 0) is 6.54 Å². The van der Waals surface area contributed by atoms with E-state index < -0.39 is 0 Å². The lowest BCUT2D eigenvalue weighted by Crippen LogP contribution is -2.20. The van der Waals surface area contributed by atoms with Gasteiger partial charge >= 0.3 is 0 Å². The van der Waals surface area contributed by atoms with E-state index >= 15 is 0 Å². The largest absolute Gasteiger partial charge is 0.481 e. The highest BCUT2D eigenvalue weighted by Crippen LogP contribution is 2.19. The van der Waals surface area contributed by atoms with Crippen molar-refractivity contribution in [2.24, 2.45) is 5.41 Å². The van der Waals surface area contributed by atoms with Crippen molar-refractivity contribution in [3.05, 3.63) is 29.8 Å². The molecule has 0 heterocycles. The van der Waals surface area contributed by atoms with Crippen molar-refractivity contribution < 1.29 is 4.74 Å². The lowest BCUT2D eigenvalue weighted by Gasteiger charge is -2.18. The zero-order chi connectivity index (χ0) is 13.4. The average molecular weight is 245 g/mol. The van der Waals surface area contributed by atoms with Gasteiger partial charge in [-0.05, 0) is 24.4 Å². The molecule has 0 unspecified atom stereocenters. The van der Waals surface area contributed by atoms with Crippen LogP contribution >= 0.6 is 0 Å². The predicted molar refractivity (Wildman–Crippen MR) is 76.5 cm³/mol. The molecule has 0 saturated carbocycles. The first-order chi connectivity index (χ1) is 8.53. The number of rotatable bonds is 6. The molecule has 0 aliphatic carbocycles. The molecule has 1 aromatic rings. The number of hydrogen-bond donors (Lipinski definition) is 1. The van der Waals surface area contributed by atoms with Crippen molar-refractivity contribution in [1.29, 1.82) is 0 Å². The molecule has 0 radical (unpaired) electrons. The number of terminal acetylenes is 1. The van der Waals surface area contributed by atoms with E-state index in [2.05, 4.69) is 38.1 Å². The van der Waals surface area contributed by atoms with Crippen LogP contribution in [-0.4, -0.2) is 13.2 Å². The Labute approximate surface area is 111 Å². The van der Waals surface area contributed by atoms with Crippen molar-refractivity contribution in [2.45, 2.75) is 33.7 Å². The van der Waals surface area contributed by atoms with E-state index in [9.17, 15) is 0 Å². The first-order valence-electron chi connectivity index (χ1n) is 6.38. The van der Waals surface area contributed by atoms with E-state index in [-0.39, 0.29) is 0 Å². The molecule has 0 amide bonds. The van der Waals surface area contributed by atoms with Crippen molar-refractivity contribution >= 4 is 0 Å².